The summed E-state index contributed by atoms with van der Waals surface area (Å²) in [7, 11) is 0. The van der Waals surface area contributed by atoms with Crippen molar-refractivity contribution in [3.63, 3.8) is 0 Å². The number of hydrogen-bond donors (Lipinski definition) is 1. The van der Waals surface area contributed by atoms with Crippen molar-refractivity contribution in [3.8, 4) is 0 Å². The number of hydrogen-bond acceptors (Lipinski definition) is 2. The summed E-state index contributed by atoms with van der Waals surface area (Å²) in [5.41, 5.74) is 4.62. The lowest BCUT2D eigenvalue weighted by atomic mass is 10.5. The summed E-state index contributed by atoms with van der Waals surface area (Å²) >= 11 is 0. The van der Waals surface area contributed by atoms with Gasteiger partial charge in [0.25, 0.3) is 0 Å². The second kappa shape index (κ2) is 3.46. The van der Waals surface area contributed by atoms with Crippen LogP contribution in [0.15, 0.2) is 0 Å². The molecule has 0 aromatic rings. The van der Waals surface area contributed by atoms with Crippen molar-refractivity contribution >= 4 is 6.09 Å². The van der Waals surface area contributed by atoms with Crippen molar-refractivity contribution < 1.29 is 9.53 Å². The minimum atomic E-state index is -0.693. The first-order chi connectivity index (χ1) is 3.27. The molecule has 7 heavy (non-hydrogen) atoms. The summed E-state index contributed by atoms with van der Waals surface area (Å²) < 4.78 is 4.33. The van der Waals surface area contributed by atoms with E-state index in [4.69, 9.17) is 0 Å². The summed E-state index contributed by atoms with van der Waals surface area (Å²) in [6, 6.07) is 0. The SMILES string of the molecule is CCCOC(N)=O. The van der Waals surface area contributed by atoms with Crippen molar-refractivity contribution in [3.05, 3.63) is 0 Å². The fraction of sp³-hybridized carbons (Fsp3) is 0.750. The Hall–Kier alpha value is -0.730. The second-order valence-electron chi connectivity index (χ2n) is 1.17. The van der Waals surface area contributed by atoms with Gasteiger partial charge in [-0.2, -0.15) is 0 Å². The molecule has 0 spiro atoms. The Morgan fingerprint density at radius 3 is 2.57 bits per heavy atom. The summed E-state index contributed by atoms with van der Waals surface area (Å²) in [6.07, 6.45) is 0.130. The van der Waals surface area contributed by atoms with E-state index in [-0.39, 0.29) is 0 Å². The third kappa shape index (κ3) is 5.27. The molecule has 0 radical (unpaired) electrons. The van der Waals surface area contributed by atoms with Crippen LogP contribution in [0.5, 0.6) is 0 Å². The van der Waals surface area contributed by atoms with Gasteiger partial charge in [0, 0.05) is 0 Å². The third-order valence-electron chi connectivity index (χ3n) is 0.448. The van der Waals surface area contributed by atoms with E-state index in [0.717, 1.165) is 6.42 Å². The largest absolute Gasteiger partial charge is 0.450 e. The Kier molecular flexibility index (Phi) is 3.10. The van der Waals surface area contributed by atoms with Crippen LogP contribution in [-0.4, -0.2) is 12.7 Å². The third-order valence-corrected chi connectivity index (χ3v) is 0.448. The van der Waals surface area contributed by atoms with Crippen LogP contribution in [0.25, 0.3) is 0 Å². The van der Waals surface area contributed by atoms with Gasteiger partial charge >= 0.3 is 6.09 Å². The monoisotopic (exact) mass is 103 g/mol. The van der Waals surface area contributed by atoms with Crippen LogP contribution in [0.3, 0.4) is 0 Å². The molecule has 0 fully saturated rings. The molecule has 42 valence electrons. The fourth-order valence-corrected chi connectivity index (χ4v) is 0.203. The van der Waals surface area contributed by atoms with Gasteiger partial charge < -0.3 is 10.5 Å². The van der Waals surface area contributed by atoms with Crippen LogP contribution in [0, 0.1) is 0 Å². The predicted molar refractivity (Wildman–Crippen MR) is 25.8 cm³/mol. The van der Waals surface area contributed by atoms with Gasteiger partial charge in [-0.15, -0.1) is 0 Å². The average Bonchev–Trinajstić information content (AvgIpc) is 1.61. The maximum absolute atomic E-state index is 9.76. The Labute approximate surface area is 42.4 Å². The first kappa shape index (κ1) is 6.27. The van der Waals surface area contributed by atoms with E-state index in [1.54, 1.807) is 0 Å². The Bertz CT molecular complexity index is 62.7. The molecule has 0 aliphatic carbocycles. The molecule has 0 aliphatic rings. The van der Waals surface area contributed by atoms with E-state index in [1.165, 1.54) is 0 Å². The predicted octanol–water partition coefficient (Wildman–Crippen LogP) is 0.492. The number of rotatable bonds is 2. The number of nitrogens with two attached hydrogens (primary N) is 1. The van der Waals surface area contributed by atoms with E-state index in [2.05, 4.69) is 10.5 Å². The van der Waals surface area contributed by atoms with Crippen molar-refractivity contribution in [1.29, 1.82) is 0 Å². The van der Waals surface area contributed by atoms with Crippen LogP contribution >= 0.6 is 0 Å². The van der Waals surface area contributed by atoms with Crippen molar-refractivity contribution in [1.82, 2.24) is 0 Å². The number of carbonyl (C=O) groups excluding carboxylic acids is 1. The normalized spacial score (nSPS) is 8.14. The average molecular weight is 103 g/mol. The molecule has 0 aromatic carbocycles. The topological polar surface area (TPSA) is 52.3 Å². The molecule has 0 saturated heterocycles. The van der Waals surface area contributed by atoms with Gasteiger partial charge in [-0.05, 0) is 6.42 Å². The Balaban J connectivity index is 2.82. The zero-order chi connectivity index (χ0) is 5.70. The zero-order valence-corrected chi connectivity index (χ0v) is 4.31. The molecule has 0 atom stereocenters. The van der Waals surface area contributed by atoms with Gasteiger partial charge in [-0.1, -0.05) is 6.92 Å². The Morgan fingerprint density at radius 2 is 2.43 bits per heavy atom. The van der Waals surface area contributed by atoms with Crippen LogP contribution in [-0.2, 0) is 4.74 Å². The first-order valence-electron chi connectivity index (χ1n) is 2.19. The van der Waals surface area contributed by atoms with Crippen LogP contribution in [0.4, 0.5) is 4.79 Å². The first-order valence-corrected chi connectivity index (χ1v) is 2.19. The highest BCUT2D eigenvalue weighted by molar-refractivity contribution is 5.64. The molecule has 3 nitrogen and oxygen atoms in total. The van der Waals surface area contributed by atoms with E-state index in [1.807, 2.05) is 6.92 Å². The lowest BCUT2D eigenvalue weighted by Gasteiger charge is -1.93. The standard InChI is InChI=1S/C4H9NO2/c1-2-3-7-4(5)6/h2-3H2,1H3,(H2,5,6). The van der Waals surface area contributed by atoms with Gasteiger partial charge in [0.15, 0.2) is 0 Å². The molecule has 0 heterocycles. The van der Waals surface area contributed by atoms with Gasteiger partial charge in [0.05, 0.1) is 6.61 Å². The smallest absolute Gasteiger partial charge is 0.404 e. The molecule has 1 amide bonds. The number of ether oxygens (including phenoxy) is 1. The Morgan fingerprint density at radius 1 is 1.86 bits per heavy atom. The van der Waals surface area contributed by atoms with Crippen molar-refractivity contribution in [2.75, 3.05) is 6.61 Å². The number of amides is 1. The zero-order valence-electron chi connectivity index (χ0n) is 4.31. The minimum Gasteiger partial charge on any atom is -0.450 e. The molecular weight excluding hydrogens is 94.0 g/mol. The second-order valence-corrected chi connectivity index (χ2v) is 1.17. The molecule has 3 heteroatoms. The summed E-state index contributed by atoms with van der Waals surface area (Å²) in [5, 5.41) is 0. The number of carbonyl (C=O) groups is 1. The number of primary amides is 1. The van der Waals surface area contributed by atoms with E-state index in [0.29, 0.717) is 6.61 Å². The highest BCUT2D eigenvalue weighted by Crippen LogP contribution is 1.76. The maximum atomic E-state index is 9.76. The quantitative estimate of drug-likeness (QED) is 0.553. The minimum absolute atomic E-state index is 0.426. The van der Waals surface area contributed by atoms with Crippen LogP contribution in [0.1, 0.15) is 13.3 Å². The van der Waals surface area contributed by atoms with Crippen LogP contribution in [0.2, 0.25) is 0 Å². The van der Waals surface area contributed by atoms with Crippen molar-refractivity contribution in [2.45, 2.75) is 13.3 Å². The molecule has 0 unspecified atom stereocenters. The lowest BCUT2D eigenvalue weighted by Crippen LogP contribution is -2.12. The summed E-state index contributed by atoms with van der Waals surface area (Å²) in [6.45, 7) is 2.33. The van der Waals surface area contributed by atoms with E-state index >= 15 is 0 Å². The molecule has 0 aromatic heterocycles. The molecule has 2 N–H and O–H groups in total. The van der Waals surface area contributed by atoms with E-state index < -0.39 is 6.09 Å². The summed E-state index contributed by atoms with van der Waals surface area (Å²) in [4.78, 5) is 9.76. The lowest BCUT2D eigenvalue weighted by molar-refractivity contribution is 0.157. The molecule has 0 bridgehead atoms. The highest BCUT2D eigenvalue weighted by Gasteiger charge is 1.86. The highest BCUT2D eigenvalue weighted by atomic mass is 16.5. The van der Waals surface area contributed by atoms with Crippen molar-refractivity contribution in [2.24, 2.45) is 5.73 Å². The summed E-state index contributed by atoms with van der Waals surface area (Å²) in [5.74, 6) is 0. The fourth-order valence-electron chi connectivity index (χ4n) is 0.203. The van der Waals surface area contributed by atoms with Crippen LogP contribution < -0.4 is 5.73 Å². The molecular formula is C4H9NO2. The van der Waals surface area contributed by atoms with Gasteiger partial charge in [-0.3, -0.25) is 0 Å². The molecule has 0 aliphatic heterocycles. The van der Waals surface area contributed by atoms with Gasteiger partial charge in [0.1, 0.15) is 0 Å². The van der Waals surface area contributed by atoms with E-state index in [9.17, 15) is 4.79 Å². The van der Waals surface area contributed by atoms with Gasteiger partial charge in [-0.25, -0.2) is 4.79 Å². The molecule has 0 saturated carbocycles. The molecule has 0 rings (SSSR count). The van der Waals surface area contributed by atoms with Gasteiger partial charge in [0.2, 0.25) is 0 Å². The maximum Gasteiger partial charge on any atom is 0.404 e.